The Hall–Kier alpha value is -1.36. The number of ether oxygens (including phenoxy) is 2. The van der Waals surface area contributed by atoms with E-state index in [1.54, 1.807) is 20.6 Å². The fraction of sp³-hybridized carbons (Fsp3) is 0.273. The van der Waals surface area contributed by atoms with Crippen LogP contribution in [-0.4, -0.2) is 25.5 Å². The standard InChI is InChI=1S/C11H13N2O2S/c1-14-10-4-3-9(11(5-10)15-2)6-13-7-12-16-8-13/h3-5,7-8H,6H2,1-2H3. The Balaban J connectivity index is 2.15. The molecule has 2 rings (SSSR count). The lowest BCUT2D eigenvalue weighted by atomic mass is 10.2. The van der Waals surface area contributed by atoms with Gasteiger partial charge in [-0.1, -0.05) is 0 Å². The van der Waals surface area contributed by atoms with Gasteiger partial charge in [-0.3, -0.25) is 0 Å². The average Bonchev–Trinajstić information content (AvgIpc) is 2.82. The monoisotopic (exact) mass is 237 g/mol. The molecule has 0 atom stereocenters. The third kappa shape index (κ3) is 2.41. The van der Waals surface area contributed by atoms with E-state index >= 15 is 0 Å². The molecule has 5 heteroatoms. The zero-order chi connectivity index (χ0) is 11.4. The molecular formula is C11H13N2O2S. The molecule has 0 bridgehead atoms. The van der Waals surface area contributed by atoms with Crippen molar-refractivity contribution in [2.75, 3.05) is 14.2 Å². The van der Waals surface area contributed by atoms with Crippen LogP contribution in [0.5, 0.6) is 11.5 Å². The molecule has 0 unspecified atom stereocenters. The normalized spacial score (nSPS) is 14.2. The van der Waals surface area contributed by atoms with Crippen molar-refractivity contribution in [3.63, 3.8) is 0 Å². The predicted molar refractivity (Wildman–Crippen MR) is 65.5 cm³/mol. The van der Waals surface area contributed by atoms with Crippen LogP contribution in [0.2, 0.25) is 0 Å². The molecule has 0 saturated heterocycles. The quantitative estimate of drug-likeness (QED) is 0.753. The van der Waals surface area contributed by atoms with E-state index in [0.717, 1.165) is 23.6 Å². The summed E-state index contributed by atoms with van der Waals surface area (Å²) in [4.78, 5) is 2.01. The molecule has 1 aliphatic heterocycles. The summed E-state index contributed by atoms with van der Waals surface area (Å²) in [5, 5.41) is 0. The van der Waals surface area contributed by atoms with Gasteiger partial charge in [-0.05, 0) is 12.1 Å². The molecule has 0 N–H and O–H groups in total. The zero-order valence-corrected chi connectivity index (χ0v) is 10.0. The maximum absolute atomic E-state index is 5.33. The largest absolute Gasteiger partial charge is 0.497 e. The smallest absolute Gasteiger partial charge is 0.130 e. The molecule has 1 aromatic carbocycles. The Morgan fingerprint density at radius 3 is 2.81 bits per heavy atom. The molecule has 0 amide bonds. The van der Waals surface area contributed by atoms with E-state index in [2.05, 4.69) is 4.40 Å². The van der Waals surface area contributed by atoms with Gasteiger partial charge >= 0.3 is 0 Å². The van der Waals surface area contributed by atoms with Gasteiger partial charge in [-0.15, -0.1) is 0 Å². The van der Waals surface area contributed by atoms with Gasteiger partial charge in [0.25, 0.3) is 0 Å². The van der Waals surface area contributed by atoms with Crippen LogP contribution in [0, 0.1) is 5.88 Å². The van der Waals surface area contributed by atoms with Gasteiger partial charge in [0, 0.05) is 30.1 Å². The number of rotatable bonds is 4. The molecule has 1 radical (unpaired) electrons. The molecule has 0 spiro atoms. The number of hydrogen-bond acceptors (Lipinski definition) is 5. The Kier molecular flexibility index (Phi) is 3.56. The van der Waals surface area contributed by atoms with Crippen LogP contribution in [0.1, 0.15) is 5.56 Å². The molecule has 0 fully saturated rings. The second-order valence-electron chi connectivity index (χ2n) is 3.28. The van der Waals surface area contributed by atoms with Crippen molar-refractivity contribution in [2.45, 2.75) is 6.54 Å². The van der Waals surface area contributed by atoms with E-state index in [1.807, 2.05) is 29.0 Å². The summed E-state index contributed by atoms with van der Waals surface area (Å²) in [6.45, 7) is 0.754. The van der Waals surface area contributed by atoms with Crippen LogP contribution >= 0.6 is 11.9 Å². The third-order valence-corrected chi connectivity index (χ3v) is 2.87. The van der Waals surface area contributed by atoms with Crippen molar-refractivity contribution in [1.82, 2.24) is 4.90 Å². The minimum absolute atomic E-state index is 0.754. The van der Waals surface area contributed by atoms with Crippen molar-refractivity contribution >= 4 is 18.3 Å². The van der Waals surface area contributed by atoms with Crippen molar-refractivity contribution in [2.24, 2.45) is 4.40 Å². The minimum atomic E-state index is 0.754. The van der Waals surface area contributed by atoms with E-state index < -0.39 is 0 Å². The van der Waals surface area contributed by atoms with E-state index in [0.29, 0.717) is 0 Å². The van der Waals surface area contributed by atoms with E-state index in [-0.39, 0.29) is 0 Å². The van der Waals surface area contributed by atoms with Gasteiger partial charge in [0.05, 0.1) is 14.2 Å². The minimum Gasteiger partial charge on any atom is -0.497 e. The highest BCUT2D eigenvalue weighted by Gasteiger charge is 2.11. The summed E-state index contributed by atoms with van der Waals surface area (Å²) >= 11 is 1.43. The van der Waals surface area contributed by atoms with E-state index in [1.165, 1.54) is 11.9 Å². The predicted octanol–water partition coefficient (Wildman–Crippen LogP) is 2.32. The summed E-state index contributed by atoms with van der Waals surface area (Å²) in [6.07, 6.45) is 1.80. The molecule has 85 valence electrons. The summed E-state index contributed by atoms with van der Waals surface area (Å²) in [6, 6.07) is 5.82. The van der Waals surface area contributed by atoms with Crippen molar-refractivity contribution in [3.05, 3.63) is 29.6 Å². The summed E-state index contributed by atoms with van der Waals surface area (Å²) in [7, 11) is 3.31. The molecule has 4 nitrogen and oxygen atoms in total. The van der Waals surface area contributed by atoms with Gasteiger partial charge < -0.3 is 14.4 Å². The van der Waals surface area contributed by atoms with E-state index in [4.69, 9.17) is 9.47 Å². The Bertz CT molecular complexity index is 396. The van der Waals surface area contributed by atoms with Crippen LogP contribution in [0.25, 0.3) is 0 Å². The first-order chi connectivity index (χ1) is 7.83. The maximum Gasteiger partial charge on any atom is 0.130 e. The highest BCUT2D eigenvalue weighted by molar-refractivity contribution is 8.00. The van der Waals surface area contributed by atoms with Crippen molar-refractivity contribution in [1.29, 1.82) is 0 Å². The Morgan fingerprint density at radius 2 is 2.19 bits per heavy atom. The molecule has 1 aliphatic rings. The van der Waals surface area contributed by atoms with Gasteiger partial charge in [-0.25, -0.2) is 4.40 Å². The molecule has 1 heterocycles. The lowest BCUT2D eigenvalue weighted by Gasteiger charge is -2.15. The first-order valence-electron chi connectivity index (χ1n) is 4.83. The number of nitrogens with zero attached hydrogens (tertiary/aromatic N) is 2. The first kappa shape index (κ1) is 11.1. The molecular weight excluding hydrogens is 224 g/mol. The lowest BCUT2D eigenvalue weighted by Crippen LogP contribution is -2.13. The topological polar surface area (TPSA) is 34.1 Å². The fourth-order valence-corrected chi connectivity index (χ4v) is 1.94. The van der Waals surface area contributed by atoms with Crippen LogP contribution in [0.4, 0.5) is 0 Å². The van der Waals surface area contributed by atoms with Gasteiger partial charge in [0.2, 0.25) is 0 Å². The average molecular weight is 237 g/mol. The highest BCUT2D eigenvalue weighted by Crippen LogP contribution is 2.27. The molecule has 0 saturated carbocycles. The number of methoxy groups -OCH3 is 2. The zero-order valence-electron chi connectivity index (χ0n) is 9.21. The van der Waals surface area contributed by atoms with Crippen LogP contribution < -0.4 is 9.47 Å². The Morgan fingerprint density at radius 1 is 1.31 bits per heavy atom. The second-order valence-corrected chi connectivity index (χ2v) is 3.91. The van der Waals surface area contributed by atoms with Gasteiger partial charge in [-0.2, -0.15) is 0 Å². The van der Waals surface area contributed by atoms with Gasteiger partial charge in [0.15, 0.2) is 0 Å². The van der Waals surface area contributed by atoms with Crippen LogP contribution in [-0.2, 0) is 6.54 Å². The fourth-order valence-electron chi connectivity index (χ4n) is 1.46. The molecule has 16 heavy (non-hydrogen) atoms. The second kappa shape index (κ2) is 5.12. The summed E-state index contributed by atoms with van der Waals surface area (Å²) in [5.41, 5.74) is 1.11. The highest BCUT2D eigenvalue weighted by atomic mass is 32.2. The SMILES string of the molecule is COc1ccc(CN2[CH]SN=C2)c(OC)c1. The molecule has 0 aromatic heterocycles. The molecule has 1 aromatic rings. The van der Waals surface area contributed by atoms with E-state index in [9.17, 15) is 0 Å². The van der Waals surface area contributed by atoms with Crippen molar-refractivity contribution in [3.8, 4) is 11.5 Å². The Labute approximate surface area is 99.4 Å². The maximum atomic E-state index is 5.33. The summed E-state index contributed by atoms with van der Waals surface area (Å²) < 4.78 is 14.5. The number of hydrogen-bond donors (Lipinski definition) is 0. The van der Waals surface area contributed by atoms with Crippen LogP contribution in [0.3, 0.4) is 0 Å². The number of benzene rings is 1. The van der Waals surface area contributed by atoms with Crippen molar-refractivity contribution < 1.29 is 9.47 Å². The third-order valence-electron chi connectivity index (χ3n) is 2.29. The summed E-state index contributed by atoms with van der Waals surface area (Å²) in [5.74, 6) is 3.59. The lowest BCUT2D eigenvalue weighted by molar-refractivity contribution is 0.386. The van der Waals surface area contributed by atoms with Gasteiger partial charge in [0.1, 0.15) is 23.7 Å². The van der Waals surface area contributed by atoms with Crippen LogP contribution in [0.15, 0.2) is 22.6 Å². The first-order valence-corrected chi connectivity index (χ1v) is 5.66. The molecule has 0 aliphatic carbocycles.